The Balaban J connectivity index is 1.54. The first-order valence-corrected chi connectivity index (χ1v) is 8.81. The summed E-state index contributed by atoms with van der Waals surface area (Å²) in [5, 5.41) is 19.6. The summed E-state index contributed by atoms with van der Waals surface area (Å²) in [5.74, 6) is -0.749. The van der Waals surface area contributed by atoms with Crippen LogP contribution in [0.5, 0.6) is 0 Å². The fraction of sp³-hybridized carbons (Fsp3) is 0.0526. The normalized spacial score (nSPS) is 12.0. The van der Waals surface area contributed by atoms with Gasteiger partial charge in [-0.2, -0.15) is 5.26 Å². The van der Waals surface area contributed by atoms with E-state index >= 15 is 0 Å². The Morgan fingerprint density at radius 3 is 2.93 bits per heavy atom. The van der Waals surface area contributed by atoms with Crippen LogP contribution in [0.3, 0.4) is 0 Å². The Kier molecular flexibility index (Phi) is 4.28. The van der Waals surface area contributed by atoms with Crippen LogP contribution in [0.25, 0.3) is 26.8 Å². The minimum atomic E-state index is -0.598. The number of hydrogen-bond donors (Lipinski definition) is 2. The number of nitrogens with one attached hydrogen (secondary N) is 1. The van der Waals surface area contributed by atoms with Gasteiger partial charge in [0.15, 0.2) is 11.6 Å². The zero-order chi connectivity index (χ0) is 18.8. The summed E-state index contributed by atoms with van der Waals surface area (Å²) < 4.78 is 6.00. The van der Waals surface area contributed by atoms with Crippen molar-refractivity contribution in [2.24, 2.45) is 0 Å². The van der Waals surface area contributed by atoms with E-state index in [1.165, 1.54) is 11.3 Å². The number of H-pyrrole nitrogens is 1. The van der Waals surface area contributed by atoms with Gasteiger partial charge in [-0.15, -0.1) is 11.3 Å². The van der Waals surface area contributed by atoms with Crippen molar-refractivity contribution < 1.29 is 14.6 Å². The molecular weight excluding hydrogens is 364 g/mol. The number of carbonyl (C=O) groups is 1. The number of ether oxygens (including phenoxy) is 1. The van der Waals surface area contributed by atoms with Gasteiger partial charge < -0.3 is 14.8 Å². The Hall–Kier alpha value is -3.70. The molecule has 2 aromatic heterocycles. The number of thiazole rings is 1. The van der Waals surface area contributed by atoms with Gasteiger partial charge in [-0.25, -0.2) is 14.8 Å². The van der Waals surface area contributed by atoms with Crippen LogP contribution in [0.4, 0.5) is 0 Å². The van der Waals surface area contributed by atoms with Gasteiger partial charge in [0, 0.05) is 0 Å². The first kappa shape index (κ1) is 16.8. The molecule has 2 N–H and O–H groups in total. The van der Waals surface area contributed by atoms with Crippen molar-refractivity contribution in [1.29, 1.82) is 5.26 Å². The SMILES string of the molecule is N#C/C(=C(/O)COC(=O)c1ccc2ncsc2c1)c1nc2ccccc2[nH]1. The maximum Gasteiger partial charge on any atom is 0.338 e. The van der Waals surface area contributed by atoms with Gasteiger partial charge in [-0.3, -0.25) is 0 Å². The molecule has 0 atom stereocenters. The second-order valence-corrected chi connectivity index (χ2v) is 6.53. The smallest absolute Gasteiger partial charge is 0.338 e. The van der Waals surface area contributed by atoms with Gasteiger partial charge in [-0.05, 0) is 30.3 Å². The summed E-state index contributed by atoms with van der Waals surface area (Å²) in [5.41, 5.74) is 4.18. The third kappa shape index (κ3) is 3.23. The molecule has 0 aliphatic carbocycles. The van der Waals surface area contributed by atoms with Crippen molar-refractivity contribution in [2.45, 2.75) is 0 Å². The maximum atomic E-state index is 12.2. The first-order chi connectivity index (χ1) is 13.2. The van der Waals surface area contributed by atoms with Crippen molar-refractivity contribution in [2.75, 3.05) is 6.61 Å². The third-order valence-corrected chi connectivity index (χ3v) is 4.73. The molecule has 8 heteroatoms. The van der Waals surface area contributed by atoms with E-state index in [4.69, 9.17) is 4.74 Å². The number of imidazole rings is 1. The summed E-state index contributed by atoms with van der Waals surface area (Å²) in [4.78, 5) is 23.6. The molecular formula is C19H12N4O3S. The van der Waals surface area contributed by atoms with Crippen LogP contribution in [0.15, 0.2) is 53.7 Å². The first-order valence-electron chi connectivity index (χ1n) is 7.93. The number of rotatable bonds is 4. The van der Waals surface area contributed by atoms with Crippen molar-refractivity contribution in [1.82, 2.24) is 15.0 Å². The van der Waals surface area contributed by atoms with Gasteiger partial charge in [-0.1, -0.05) is 12.1 Å². The monoisotopic (exact) mass is 376 g/mol. The van der Waals surface area contributed by atoms with E-state index in [0.29, 0.717) is 11.1 Å². The highest BCUT2D eigenvalue weighted by Crippen LogP contribution is 2.21. The summed E-state index contributed by atoms with van der Waals surface area (Å²) >= 11 is 1.42. The number of nitriles is 1. The van der Waals surface area contributed by atoms with Gasteiger partial charge in [0.2, 0.25) is 0 Å². The summed E-state index contributed by atoms with van der Waals surface area (Å²) in [6, 6.07) is 14.2. The van der Waals surface area contributed by atoms with Gasteiger partial charge >= 0.3 is 5.97 Å². The number of aromatic nitrogens is 3. The zero-order valence-corrected chi connectivity index (χ0v) is 14.7. The number of allylic oxidation sites excluding steroid dienone is 1. The Bertz CT molecular complexity index is 1200. The van der Waals surface area contributed by atoms with E-state index in [0.717, 1.165) is 15.7 Å². The number of aliphatic hydroxyl groups is 1. The molecule has 7 nitrogen and oxygen atoms in total. The van der Waals surface area contributed by atoms with Crippen molar-refractivity contribution in [3.05, 3.63) is 65.1 Å². The molecule has 2 aromatic carbocycles. The molecule has 4 aromatic rings. The fourth-order valence-corrected chi connectivity index (χ4v) is 3.31. The van der Waals surface area contributed by atoms with E-state index in [1.54, 1.807) is 29.8 Å². The molecule has 0 radical (unpaired) electrons. The number of nitrogens with zero attached hydrogens (tertiary/aromatic N) is 3. The summed E-state index contributed by atoms with van der Waals surface area (Å²) in [7, 11) is 0. The van der Waals surface area contributed by atoms with E-state index in [-0.39, 0.29) is 17.2 Å². The number of carbonyl (C=O) groups excluding carboxylic acids is 1. The van der Waals surface area contributed by atoms with Crippen LogP contribution in [-0.2, 0) is 4.74 Å². The topological polar surface area (TPSA) is 112 Å². The predicted octanol–water partition coefficient (Wildman–Crippen LogP) is 3.82. The average molecular weight is 376 g/mol. The Labute approximate surface area is 157 Å². The molecule has 0 unspecified atom stereocenters. The number of esters is 1. The van der Waals surface area contributed by atoms with Crippen LogP contribution in [0, 0.1) is 11.3 Å². The molecule has 0 saturated carbocycles. The number of hydrogen-bond acceptors (Lipinski definition) is 7. The lowest BCUT2D eigenvalue weighted by molar-refractivity contribution is 0.0503. The van der Waals surface area contributed by atoms with Crippen LogP contribution >= 0.6 is 11.3 Å². The summed E-state index contributed by atoms with van der Waals surface area (Å²) in [6.45, 7) is -0.431. The van der Waals surface area contributed by atoms with Crippen molar-refractivity contribution in [3.8, 4) is 6.07 Å². The van der Waals surface area contributed by atoms with Crippen LogP contribution in [0.2, 0.25) is 0 Å². The van der Waals surface area contributed by atoms with Crippen molar-refractivity contribution >= 4 is 44.1 Å². The van der Waals surface area contributed by atoms with Gasteiger partial charge in [0.25, 0.3) is 0 Å². The standard InChI is InChI=1S/C19H12N4O3S/c20-8-12(18-22-13-3-1-2-4-14(13)23-18)16(24)9-26-19(25)11-5-6-15-17(7-11)27-10-21-15/h1-7,10,24H,9H2,(H,22,23)/b16-12-. The molecule has 4 rings (SSSR count). The minimum Gasteiger partial charge on any atom is -0.507 e. The molecule has 2 heterocycles. The van der Waals surface area contributed by atoms with E-state index in [2.05, 4.69) is 15.0 Å². The maximum absolute atomic E-state index is 12.2. The number of fused-ring (bicyclic) bond motifs is 2. The third-order valence-electron chi connectivity index (χ3n) is 3.93. The molecule has 27 heavy (non-hydrogen) atoms. The molecule has 0 aliphatic heterocycles. The predicted molar refractivity (Wildman–Crippen MR) is 101 cm³/mol. The van der Waals surface area contributed by atoms with E-state index in [9.17, 15) is 15.2 Å². The largest absolute Gasteiger partial charge is 0.507 e. The van der Waals surface area contributed by atoms with Crippen LogP contribution in [0.1, 0.15) is 16.2 Å². The molecule has 0 saturated heterocycles. The van der Waals surface area contributed by atoms with Gasteiger partial charge in [0.1, 0.15) is 18.2 Å². The molecule has 0 spiro atoms. The van der Waals surface area contributed by atoms with E-state index in [1.807, 2.05) is 24.3 Å². The van der Waals surface area contributed by atoms with Crippen LogP contribution < -0.4 is 0 Å². The lowest BCUT2D eigenvalue weighted by Crippen LogP contribution is -2.09. The highest BCUT2D eigenvalue weighted by Gasteiger charge is 2.16. The number of aliphatic hydroxyl groups excluding tert-OH is 1. The lowest BCUT2D eigenvalue weighted by Gasteiger charge is -2.05. The Morgan fingerprint density at radius 1 is 1.26 bits per heavy atom. The lowest BCUT2D eigenvalue weighted by atomic mass is 10.2. The number of para-hydroxylation sites is 2. The van der Waals surface area contributed by atoms with Crippen molar-refractivity contribution in [3.63, 3.8) is 0 Å². The Morgan fingerprint density at radius 2 is 2.11 bits per heavy atom. The van der Waals surface area contributed by atoms with Crippen LogP contribution in [-0.4, -0.2) is 32.6 Å². The van der Waals surface area contributed by atoms with Gasteiger partial charge in [0.05, 0.1) is 32.3 Å². The van der Waals surface area contributed by atoms with E-state index < -0.39 is 12.6 Å². The zero-order valence-electron chi connectivity index (χ0n) is 13.8. The number of aromatic amines is 1. The highest BCUT2D eigenvalue weighted by atomic mass is 32.1. The molecule has 0 fully saturated rings. The second-order valence-electron chi connectivity index (χ2n) is 5.65. The fourth-order valence-electron chi connectivity index (χ4n) is 2.60. The molecule has 0 amide bonds. The second kappa shape index (κ2) is 6.90. The molecule has 0 bridgehead atoms. The molecule has 132 valence electrons. The quantitative estimate of drug-likeness (QED) is 0.318. The minimum absolute atomic E-state index is 0.0723. The summed E-state index contributed by atoms with van der Waals surface area (Å²) in [6.07, 6.45) is 0. The highest BCUT2D eigenvalue weighted by molar-refractivity contribution is 7.16. The molecule has 0 aliphatic rings. The average Bonchev–Trinajstić information content (AvgIpc) is 3.32. The number of benzene rings is 2.